The quantitative estimate of drug-likeness (QED) is 0.466. The second-order valence-electron chi connectivity index (χ2n) is 3.13. The molecule has 0 radical (unpaired) electrons. The molecule has 0 heterocycles. The first-order valence-corrected chi connectivity index (χ1v) is 6.19. The van der Waals surface area contributed by atoms with Crippen molar-refractivity contribution in [1.82, 2.24) is 0 Å². The summed E-state index contributed by atoms with van der Waals surface area (Å²) < 4.78 is 17.1. The Hall–Kier alpha value is -0.250. The number of hydrogen-bond acceptors (Lipinski definition) is 3. The maximum absolute atomic E-state index is 12.4. The van der Waals surface area contributed by atoms with Gasteiger partial charge < -0.3 is 4.74 Å². The molecule has 2 nitrogen and oxygen atoms in total. The second kappa shape index (κ2) is 9.31. The highest BCUT2D eigenvalue weighted by atomic mass is 32.2. The molecule has 0 saturated heterocycles. The molecule has 0 saturated carbocycles. The summed E-state index contributed by atoms with van der Waals surface area (Å²) in [6.45, 7) is 3.82. The number of thioether (sulfide) groups is 1. The summed E-state index contributed by atoms with van der Waals surface area (Å²) in [7, 11) is 0. The van der Waals surface area contributed by atoms with Crippen LogP contribution in [-0.2, 0) is 9.53 Å². The van der Waals surface area contributed by atoms with E-state index in [0.29, 0.717) is 18.8 Å². The van der Waals surface area contributed by atoms with Crippen molar-refractivity contribution in [3.05, 3.63) is 0 Å². The van der Waals surface area contributed by atoms with E-state index in [-0.39, 0.29) is 5.97 Å². The molecule has 4 heteroatoms. The zero-order valence-electron chi connectivity index (χ0n) is 8.92. The van der Waals surface area contributed by atoms with Gasteiger partial charge in [0.15, 0.2) is 0 Å². The number of ether oxygens (including phenoxy) is 1. The molecule has 0 amide bonds. The molecule has 0 aliphatic rings. The van der Waals surface area contributed by atoms with Gasteiger partial charge in [0, 0.05) is 0 Å². The van der Waals surface area contributed by atoms with Gasteiger partial charge in [-0.25, -0.2) is 4.39 Å². The molecule has 0 aromatic heterocycles. The SMILES string of the molecule is CCOC(=O)CSCCCCC(C)F. The molecule has 0 aliphatic carbocycles. The summed E-state index contributed by atoms with van der Waals surface area (Å²) >= 11 is 1.56. The van der Waals surface area contributed by atoms with Crippen molar-refractivity contribution >= 4 is 17.7 Å². The van der Waals surface area contributed by atoms with Crippen LogP contribution in [0.1, 0.15) is 33.1 Å². The van der Waals surface area contributed by atoms with E-state index in [1.165, 1.54) is 0 Å². The van der Waals surface area contributed by atoms with Crippen LogP contribution in [0.15, 0.2) is 0 Å². The molecule has 0 N–H and O–H groups in total. The molecule has 0 fully saturated rings. The van der Waals surface area contributed by atoms with E-state index in [1.54, 1.807) is 25.6 Å². The van der Waals surface area contributed by atoms with Crippen molar-refractivity contribution in [3.63, 3.8) is 0 Å². The van der Waals surface area contributed by atoms with E-state index in [2.05, 4.69) is 0 Å². The fraction of sp³-hybridized carbons (Fsp3) is 0.900. The third-order valence-electron chi connectivity index (χ3n) is 1.67. The summed E-state index contributed by atoms with van der Waals surface area (Å²) in [5.74, 6) is 1.17. The first-order valence-electron chi connectivity index (χ1n) is 5.04. The van der Waals surface area contributed by atoms with Gasteiger partial charge in [-0.1, -0.05) is 0 Å². The molecule has 0 spiro atoms. The molecule has 14 heavy (non-hydrogen) atoms. The van der Waals surface area contributed by atoms with Crippen LogP contribution in [0.25, 0.3) is 0 Å². The summed E-state index contributed by atoms with van der Waals surface area (Å²) in [6, 6.07) is 0. The zero-order chi connectivity index (χ0) is 10.8. The predicted octanol–water partition coefficient (Wildman–Crippen LogP) is 2.81. The lowest BCUT2D eigenvalue weighted by molar-refractivity contribution is -0.139. The fourth-order valence-electron chi connectivity index (χ4n) is 0.988. The lowest BCUT2D eigenvalue weighted by Gasteiger charge is -2.02. The van der Waals surface area contributed by atoms with Gasteiger partial charge in [-0.3, -0.25) is 4.79 Å². The minimum Gasteiger partial charge on any atom is -0.465 e. The average molecular weight is 222 g/mol. The molecule has 1 unspecified atom stereocenters. The molecule has 0 aliphatic heterocycles. The number of carbonyl (C=O) groups excluding carboxylic acids is 1. The van der Waals surface area contributed by atoms with Crippen LogP contribution < -0.4 is 0 Å². The van der Waals surface area contributed by atoms with E-state index in [4.69, 9.17) is 4.74 Å². The Labute approximate surface area is 89.6 Å². The van der Waals surface area contributed by atoms with Gasteiger partial charge in [0.1, 0.15) is 0 Å². The number of halogens is 1. The van der Waals surface area contributed by atoms with Crippen LogP contribution >= 0.6 is 11.8 Å². The van der Waals surface area contributed by atoms with E-state index in [9.17, 15) is 9.18 Å². The molecule has 1 atom stereocenters. The summed E-state index contributed by atoms with van der Waals surface area (Å²) in [6.07, 6.45) is 1.79. The van der Waals surface area contributed by atoms with Crippen LogP contribution in [0.2, 0.25) is 0 Å². The molecular formula is C10H19FO2S. The minimum atomic E-state index is -0.704. The average Bonchev–Trinajstić information content (AvgIpc) is 2.11. The highest BCUT2D eigenvalue weighted by Gasteiger charge is 2.01. The van der Waals surface area contributed by atoms with Gasteiger partial charge in [0.25, 0.3) is 0 Å². The Morgan fingerprint density at radius 3 is 2.79 bits per heavy atom. The van der Waals surface area contributed by atoms with Crippen LogP contribution in [0.4, 0.5) is 4.39 Å². The van der Waals surface area contributed by atoms with Gasteiger partial charge in [-0.15, -0.1) is 0 Å². The van der Waals surface area contributed by atoms with Crippen molar-refractivity contribution in [2.45, 2.75) is 39.3 Å². The van der Waals surface area contributed by atoms with Crippen LogP contribution in [0, 0.1) is 0 Å². The van der Waals surface area contributed by atoms with Gasteiger partial charge in [0.05, 0.1) is 18.5 Å². The predicted molar refractivity (Wildman–Crippen MR) is 58.4 cm³/mol. The minimum absolute atomic E-state index is 0.156. The number of hydrogen-bond donors (Lipinski definition) is 0. The summed E-state index contributed by atoms with van der Waals surface area (Å²) in [5, 5.41) is 0. The van der Waals surface area contributed by atoms with Gasteiger partial charge >= 0.3 is 5.97 Å². The van der Waals surface area contributed by atoms with Crippen LogP contribution in [0.3, 0.4) is 0 Å². The third kappa shape index (κ3) is 9.84. The Morgan fingerprint density at radius 2 is 2.21 bits per heavy atom. The second-order valence-corrected chi connectivity index (χ2v) is 4.24. The molecule has 0 bridgehead atoms. The number of carbonyl (C=O) groups is 1. The van der Waals surface area contributed by atoms with E-state index >= 15 is 0 Å². The smallest absolute Gasteiger partial charge is 0.315 e. The first-order chi connectivity index (χ1) is 6.66. The van der Waals surface area contributed by atoms with E-state index < -0.39 is 6.17 Å². The third-order valence-corrected chi connectivity index (χ3v) is 2.68. The van der Waals surface area contributed by atoms with E-state index in [0.717, 1.165) is 18.6 Å². The van der Waals surface area contributed by atoms with Crippen molar-refractivity contribution in [2.24, 2.45) is 0 Å². The monoisotopic (exact) mass is 222 g/mol. The molecule has 0 aromatic rings. The highest BCUT2D eigenvalue weighted by Crippen LogP contribution is 2.09. The number of unbranched alkanes of at least 4 members (excludes halogenated alkanes) is 1. The Bertz CT molecular complexity index is 151. The van der Waals surface area contributed by atoms with Crippen molar-refractivity contribution in [3.8, 4) is 0 Å². The number of rotatable bonds is 8. The Balaban J connectivity index is 3.09. The highest BCUT2D eigenvalue weighted by molar-refractivity contribution is 7.99. The number of alkyl halides is 1. The first kappa shape index (κ1) is 13.8. The lowest BCUT2D eigenvalue weighted by Crippen LogP contribution is -2.07. The number of esters is 1. The zero-order valence-corrected chi connectivity index (χ0v) is 9.74. The molecule has 0 rings (SSSR count). The largest absolute Gasteiger partial charge is 0.465 e. The van der Waals surface area contributed by atoms with Crippen LogP contribution in [0.5, 0.6) is 0 Å². The van der Waals surface area contributed by atoms with Crippen molar-refractivity contribution in [2.75, 3.05) is 18.1 Å². The maximum Gasteiger partial charge on any atom is 0.315 e. The Morgan fingerprint density at radius 1 is 1.50 bits per heavy atom. The molecular weight excluding hydrogens is 203 g/mol. The Kier molecular flexibility index (Phi) is 9.14. The summed E-state index contributed by atoms with van der Waals surface area (Å²) in [5.41, 5.74) is 0. The van der Waals surface area contributed by atoms with E-state index in [1.807, 2.05) is 0 Å². The van der Waals surface area contributed by atoms with Gasteiger partial charge in [0.2, 0.25) is 0 Å². The van der Waals surface area contributed by atoms with Gasteiger partial charge in [-0.05, 0) is 38.9 Å². The van der Waals surface area contributed by atoms with Crippen LogP contribution in [-0.4, -0.2) is 30.3 Å². The lowest BCUT2D eigenvalue weighted by atomic mass is 10.2. The van der Waals surface area contributed by atoms with Crippen molar-refractivity contribution < 1.29 is 13.9 Å². The standard InChI is InChI=1S/C10H19FO2S/c1-3-13-10(12)8-14-7-5-4-6-9(2)11/h9H,3-8H2,1-2H3. The van der Waals surface area contributed by atoms with Crippen molar-refractivity contribution in [1.29, 1.82) is 0 Å². The molecule has 0 aromatic carbocycles. The fourth-order valence-corrected chi connectivity index (χ4v) is 1.79. The normalized spacial score (nSPS) is 12.5. The molecule has 84 valence electrons. The van der Waals surface area contributed by atoms with Gasteiger partial charge in [-0.2, -0.15) is 11.8 Å². The maximum atomic E-state index is 12.4. The summed E-state index contributed by atoms with van der Waals surface area (Å²) in [4.78, 5) is 10.9. The topological polar surface area (TPSA) is 26.3 Å².